The maximum atomic E-state index is 6.31. The molecule has 0 fully saturated rings. The van der Waals surface area contributed by atoms with Crippen molar-refractivity contribution in [2.45, 2.75) is 45.2 Å². The fourth-order valence-corrected chi connectivity index (χ4v) is 2.69. The Balaban J connectivity index is 3.01. The van der Waals surface area contributed by atoms with Gasteiger partial charge in [0.2, 0.25) is 0 Å². The van der Waals surface area contributed by atoms with Gasteiger partial charge in [-0.1, -0.05) is 36.2 Å². The van der Waals surface area contributed by atoms with Crippen LogP contribution in [0, 0.1) is 0 Å². The van der Waals surface area contributed by atoms with Gasteiger partial charge in [-0.3, -0.25) is 0 Å². The van der Waals surface area contributed by atoms with Crippen LogP contribution < -0.4 is 5.32 Å². The Morgan fingerprint density at radius 2 is 1.75 bits per heavy atom. The standard InChI is InChI=1S/C16H26Cl2N2/c1-6-10-19-15(16(2,3)20(4)5)11-12-13(17)8-7-9-14(12)18/h7-9,15,19H,6,10-11H2,1-5H3. The van der Waals surface area contributed by atoms with Gasteiger partial charge in [0.15, 0.2) is 0 Å². The molecule has 0 bridgehead atoms. The van der Waals surface area contributed by atoms with E-state index in [1.54, 1.807) is 0 Å². The molecule has 0 saturated carbocycles. The fraction of sp³-hybridized carbons (Fsp3) is 0.625. The van der Waals surface area contributed by atoms with E-state index in [9.17, 15) is 0 Å². The Bertz CT molecular complexity index is 410. The van der Waals surface area contributed by atoms with E-state index in [4.69, 9.17) is 23.2 Å². The molecule has 0 aliphatic rings. The number of benzene rings is 1. The molecule has 0 spiro atoms. The van der Waals surface area contributed by atoms with Crippen LogP contribution >= 0.6 is 23.2 Å². The van der Waals surface area contributed by atoms with Gasteiger partial charge in [0.25, 0.3) is 0 Å². The zero-order valence-corrected chi connectivity index (χ0v) is 14.6. The Kier molecular flexibility index (Phi) is 6.80. The minimum atomic E-state index is 0.0116. The molecule has 0 saturated heterocycles. The predicted octanol–water partition coefficient (Wildman–Crippen LogP) is 4.24. The topological polar surface area (TPSA) is 15.3 Å². The van der Waals surface area contributed by atoms with Crippen molar-refractivity contribution in [1.82, 2.24) is 10.2 Å². The fourth-order valence-electron chi connectivity index (χ4n) is 2.13. The molecule has 0 amide bonds. The van der Waals surface area contributed by atoms with Crippen molar-refractivity contribution < 1.29 is 0 Å². The molecule has 114 valence electrons. The number of rotatable bonds is 7. The first-order valence-corrected chi connectivity index (χ1v) is 7.90. The molecule has 0 aliphatic carbocycles. The lowest BCUT2D eigenvalue weighted by molar-refractivity contribution is 0.137. The minimum absolute atomic E-state index is 0.0116. The highest BCUT2D eigenvalue weighted by Gasteiger charge is 2.32. The normalized spacial score (nSPS) is 13.8. The van der Waals surface area contributed by atoms with E-state index in [1.165, 1.54) is 0 Å². The minimum Gasteiger partial charge on any atom is -0.312 e. The number of nitrogens with zero attached hydrogens (tertiary/aromatic N) is 1. The maximum absolute atomic E-state index is 6.31. The summed E-state index contributed by atoms with van der Waals surface area (Å²) in [5.41, 5.74) is 1.04. The molecule has 20 heavy (non-hydrogen) atoms. The van der Waals surface area contributed by atoms with E-state index < -0.39 is 0 Å². The van der Waals surface area contributed by atoms with E-state index >= 15 is 0 Å². The van der Waals surface area contributed by atoms with Gasteiger partial charge in [-0.2, -0.15) is 0 Å². The van der Waals surface area contributed by atoms with Gasteiger partial charge < -0.3 is 10.2 Å². The SMILES string of the molecule is CCCNC(Cc1c(Cl)cccc1Cl)C(C)(C)N(C)C. The van der Waals surface area contributed by atoms with Crippen LogP contribution in [0.2, 0.25) is 10.0 Å². The molecule has 0 radical (unpaired) electrons. The van der Waals surface area contributed by atoms with Crippen LogP contribution in [0.1, 0.15) is 32.8 Å². The van der Waals surface area contributed by atoms with E-state index in [0.717, 1.165) is 35.0 Å². The first-order valence-electron chi connectivity index (χ1n) is 7.14. The van der Waals surface area contributed by atoms with E-state index in [1.807, 2.05) is 18.2 Å². The predicted molar refractivity (Wildman–Crippen MR) is 90.0 cm³/mol. The highest BCUT2D eigenvalue weighted by molar-refractivity contribution is 6.36. The summed E-state index contributed by atoms with van der Waals surface area (Å²) in [5.74, 6) is 0. The lowest BCUT2D eigenvalue weighted by atomic mass is 9.88. The average molecular weight is 317 g/mol. The van der Waals surface area contributed by atoms with Crippen molar-refractivity contribution in [3.8, 4) is 0 Å². The summed E-state index contributed by atoms with van der Waals surface area (Å²) in [7, 11) is 4.21. The van der Waals surface area contributed by atoms with Gasteiger partial charge in [-0.15, -0.1) is 0 Å². The Hall–Kier alpha value is -0.280. The van der Waals surface area contributed by atoms with E-state index in [-0.39, 0.29) is 11.6 Å². The summed E-state index contributed by atoms with van der Waals surface area (Å²) < 4.78 is 0. The third-order valence-corrected chi connectivity index (χ3v) is 4.82. The molecular weight excluding hydrogens is 291 g/mol. The van der Waals surface area contributed by atoms with Crippen molar-refractivity contribution in [3.05, 3.63) is 33.8 Å². The third kappa shape index (κ3) is 4.36. The number of hydrogen-bond acceptors (Lipinski definition) is 2. The summed E-state index contributed by atoms with van der Waals surface area (Å²) in [5, 5.41) is 5.13. The second-order valence-corrected chi connectivity index (χ2v) is 6.77. The molecule has 1 unspecified atom stereocenters. The zero-order valence-electron chi connectivity index (χ0n) is 13.1. The van der Waals surface area contributed by atoms with Crippen LogP contribution in [0.4, 0.5) is 0 Å². The van der Waals surface area contributed by atoms with Crippen LogP contribution in [-0.4, -0.2) is 37.1 Å². The van der Waals surface area contributed by atoms with Crippen molar-refractivity contribution in [2.75, 3.05) is 20.6 Å². The Morgan fingerprint density at radius 3 is 2.20 bits per heavy atom. The largest absolute Gasteiger partial charge is 0.312 e. The van der Waals surface area contributed by atoms with Crippen LogP contribution in [-0.2, 0) is 6.42 Å². The molecule has 4 heteroatoms. The highest BCUT2D eigenvalue weighted by Crippen LogP contribution is 2.28. The third-order valence-electron chi connectivity index (χ3n) is 4.12. The molecule has 0 aliphatic heterocycles. The average Bonchev–Trinajstić information content (AvgIpc) is 2.37. The van der Waals surface area contributed by atoms with E-state index in [2.05, 4.69) is 45.1 Å². The van der Waals surface area contributed by atoms with E-state index in [0.29, 0.717) is 0 Å². The first kappa shape index (κ1) is 17.8. The molecule has 1 aromatic rings. The molecule has 1 rings (SSSR count). The Labute approximate surface area is 133 Å². The molecular formula is C16H26Cl2N2. The van der Waals surface area contributed by atoms with Crippen LogP contribution in [0.15, 0.2) is 18.2 Å². The van der Waals surface area contributed by atoms with Gasteiger partial charge in [-0.25, -0.2) is 0 Å². The van der Waals surface area contributed by atoms with Crippen LogP contribution in [0.3, 0.4) is 0 Å². The number of halogens is 2. The van der Waals surface area contributed by atoms with Gasteiger partial charge in [-0.05, 0) is 65.0 Å². The monoisotopic (exact) mass is 316 g/mol. The lowest BCUT2D eigenvalue weighted by Crippen LogP contribution is -2.56. The summed E-state index contributed by atoms with van der Waals surface area (Å²) >= 11 is 12.6. The second kappa shape index (κ2) is 7.65. The maximum Gasteiger partial charge on any atom is 0.0453 e. The quantitative estimate of drug-likeness (QED) is 0.809. The lowest BCUT2D eigenvalue weighted by Gasteiger charge is -2.41. The molecule has 1 N–H and O–H groups in total. The van der Waals surface area contributed by atoms with Gasteiger partial charge in [0.05, 0.1) is 0 Å². The molecule has 0 heterocycles. The van der Waals surface area contributed by atoms with Crippen molar-refractivity contribution in [2.24, 2.45) is 0 Å². The highest BCUT2D eigenvalue weighted by atomic mass is 35.5. The molecule has 1 atom stereocenters. The van der Waals surface area contributed by atoms with Crippen LogP contribution in [0.25, 0.3) is 0 Å². The number of nitrogens with one attached hydrogen (secondary N) is 1. The molecule has 0 aromatic heterocycles. The smallest absolute Gasteiger partial charge is 0.0453 e. The van der Waals surface area contributed by atoms with Crippen molar-refractivity contribution in [3.63, 3.8) is 0 Å². The summed E-state index contributed by atoms with van der Waals surface area (Å²) in [6, 6.07) is 5.99. The summed E-state index contributed by atoms with van der Waals surface area (Å²) in [6.07, 6.45) is 1.93. The Morgan fingerprint density at radius 1 is 1.20 bits per heavy atom. The van der Waals surface area contributed by atoms with Crippen LogP contribution in [0.5, 0.6) is 0 Å². The number of hydrogen-bond donors (Lipinski definition) is 1. The van der Waals surface area contributed by atoms with Crippen molar-refractivity contribution >= 4 is 23.2 Å². The number of likely N-dealkylation sites (N-methyl/N-ethyl adjacent to an activating group) is 1. The van der Waals surface area contributed by atoms with Gasteiger partial charge >= 0.3 is 0 Å². The van der Waals surface area contributed by atoms with Gasteiger partial charge in [0, 0.05) is 21.6 Å². The zero-order chi connectivity index (χ0) is 15.3. The molecule has 2 nitrogen and oxygen atoms in total. The summed E-state index contributed by atoms with van der Waals surface area (Å²) in [4.78, 5) is 2.24. The second-order valence-electron chi connectivity index (χ2n) is 5.96. The summed E-state index contributed by atoms with van der Waals surface area (Å²) in [6.45, 7) is 7.65. The first-order chi connectivity index (χ1) is 9.30. The van der Waals surface area contributed by atoms with Crippen molar-refractivity contribution in [1.29, 1.82) is 0 Å². The van der Waals surface area contributed by atoms with Gasteiger partial charge in [0.1, 0.15) is 0 Å². The molecule has 1 aromatic carbocycles.